The molecule has 0 unspecified atom stereocenters. The minimum atomic E-state index is -4.39. The predicted octanol–water partition coefficient (Wildman–Crippen LogP) is 4.09. The molecule has 124 valence electrons. The van der Waals surface area contributed by atoms with Crippen molar-refractivity contribution in [3.05, 3.63) is 59.0 Å². The van der Waals surface area contributed by atoms with Gasteiger partial charge in [-0.2, -0.15) is 18.3 Å². The van der Waals surface area contributed by atoms with Crippen LogP contribution in [0.3, 0.4) is 0 Å². The van der Waals surface area contributed by atoms with Crippen molar-refractivity contribution in [1.82, 2.24) is 15.2 Å². The Morgan fingerprint density at radius 3 is 2.54 bits per heavy atom. The van der Waals surface area contributed by atoms with E-state index in [1.54, 1.807) is 31.5 Å². The van der Waals surface area contributed by atoms with E-state index in [4.69, 9.17) is 5.73 Å². The van der Waals surface area contributed by atoms with Crippen LogP contribution in [0.15, 0.2) is 36.7 Å². The van der Waals surface area contributed by atoms with Gasteiger partial charge in [0, 0.05) is 29.1 Å². The first-order chi connectivity index (χ1) is 11.3. The average Bonchev–Trinajstić information content (AvgIpc) is 2.54. The number of alkyl halides is 3. The number of pyridine rings is 1. The van der Waals surface area contributed by atoms with E-state index in [9.17, 15) is 13.2 Å². The summed E-state index contributed by atoms with van der Waals surface area (Å²) in [5, 5.41) is 9.43. The summed E-state index contributed by atoms with van der Waals surface area (Å²) >= 11 is 0. The van der Waals surface area contributed by atoms with Crippen LogP contribution in [-0.4, -0.2) is 15.2 Å². The fourth-order valence-electron chi connectivity index (χ4n) is 2.93. The summed E-state index contributed by atoms with van der Waals surface area (Å²) in [5.74, 6) is -0.115. The molecule has 0 amide bonds. The molecule has 7 heteroatoms. The maximum absolute atomic E-state index is 13.1. The smallest absolute Gasteiger partial charge is 0.382 e. The number of benzene rings is 1. The summed E-state index contributed by atoms with van der Waals surface area (Å²) in [6.07, 6.45) is -1.20. The van der Waals surface area contributed by atoms with Gasteiger partial charge in [-0.05, 0) is 30.2 Å². The Kier molecular flexibility index (Phi) is 3.87. The van der Waals surface area contributed by atoms with E-state index in [0.29, 0.717) is 22.0 Å². The van der Waals surface area contributed by atoms with Crippen molar-refractivity contribution < 1.29 is 13.2 Å². The minimum Gasteiger partial charge on any atom is -0.382 e. The zero-order valence-corrected chi connectivity index (χ0v) is 13.1. The number of anilines is 1. The van der Waals surface area contributed by atoms with Gasteiger partial charge >= 0.3 is 6.18 Å². The topological polar surface area (TPSA) is 64.7 Å². The minimum absolute atomic E-state index is 0.188. The Labute approximate surface area is 136 Å². The highest BCUT2D eigenvalue weighted by atomic mass is 19.4. The number of hydrogen-bond acceptors (Lipinski definition) is 4. The van der Waals surface area contributed by atoms with Crippen LogP contribution in [0.1, 0.15) is 35.2 Å². The third kappa shape index (κ3) is 2.66. The molecular formula is C17H15F3N4. The summed E-state index contributed by atoms with van der Waals surface area (Å²) in [7, 11) is 0. The van der Waals surface area contributed by atoms with Gasteiger partial charge in [0.1, 0.15) is 0 Å². The van der Waals surface area contributed by atoms with Crippen molar-refractivity contribution in [2.75, 3.05) is 5.73 Å². The molecule has 0 bridgehead atoms. The number of halogens is 3. The fraction of sp³-hybridized carbons (Fsp3) is 0.235. The monoisotopic (exact) mass is 332 g/mol. The molecule has 0 aliphatic carbocycles. The largest absolute Gasteiger partial charge is 0.416 e. The van der Waals surface area contributed by atoms with Crippen LogP contribution in [0.25, 0.3) is 10.8 Å². The van der Waals surface area contributed by atoms with Crippen molar-refractivity contribution >= 4 is 16.6 Å². The van der Waals surface area contributed by atoms with E-state index >= 15 is 0 Å². The molecule has 2 N–H and O–H groups in total. The quantitative estimate of drug-likeness (QED) is 0.768. The number of nitrogens with two attached hydrogens (primary N) is 1. The lowest BCUT2D eigenvalue weighted by atomic mass is 9.89. The lowest BCUT2D eigenvalue weighted by Gasteiger charge is -2.19. The maximum atomic E-state index is 13.1. The van der Waals surface area contributed by atoms with E-state index in [1.165, 1.54) is 13.0 Å². The van der Waals surface area contributed by atoms with E-state index in [1.807, 2.05) is 0 Å². The van der Waals surface area contributed by atoms with Crippen LogP contribution in [-0.2, 0) is 6.18 Å². The van der Waals surface area contributed by atoms with Crippen molar-refractivity contribution in [2.24, 2.45) is 0 Å². The lowest BCUT2D eigenvalue weighted by molar-refractivity contribution is -0.138. The summed E-state index contributed by atoms with van der Waals surface area (Å²) in [5.41, 5.74) is 6.47. The van der Waals surface area contributed by atoms with Crippen molar-refractivity contribution in [1.29, 1.82) is 0 Å². The molecule has 24 heavy (non-hydrogen) atoms. The summed E-state index contributed by atoms with van der Waals surface area (Å²) in [4.78, 5) is 4.07. The highest BCUT2D eigenvalue weighted by Gasteiger charge is 2.33. The number of hydrogen-bond donors (Lipinski definition) is 1. The Bertz CT molecular complexity index is 906. The van der Waals surface area contributed by atoms with Crippen LogP contribution in [0.2, 0.25) is 0 Å². The van der Waals surface area contributed by atoms with Gasteiger partial charge in [-0.1, -0.05) is 19.1 Å². The Balaban J connectivity index is 2.18. The molecule has 0 spiro atoms. The maximum Gasteiger partial charge on any atom is 0.416 e. The standard InChI is InChI=1S/C17H15F3N4/c1-9-11(4-3-5-14(9)17(18,19)20)10(2)15-13-8-22-7-6-12(13)16(21)24-23-15/h3-8,10H,1-2H3,(H2,21,24)/t10-/m1/s1. The summed E-state index contributed by atoms with van der Waals surface area (Å²) in [6, 6.07) is 5.89. The SMILES string of the molecule is Cc1c([C@@H](C)c2nnc(N)c3ccncc23)cccc1C(F)(F)F. The van der Waals surface area contributed by atoms with Gasteiger partial charge in [-0.25, -0.2) is 0 Å². The van der Waals surface area contributed by atoms with Crippen molar-refractivity contribution in [2.45, 2.75) is 25.9 Å². The van der Waals surface area contributed by atoms with Crippen molar-refractivity contribution in [3.8, 4) is 0 Å². The molecule has 1 atom stereocenters. The van der Waals surface area contributed by atoms with Gasteiger partial charge in [0.2, 0.25) is 0 Å². The van der Waals surface area contributed by atoms with Crippen LogP contribution in [0.5, 0.6) is 0 Å². The average molecular weight is 332 g/mol. The second-order valence-corrected chi connectivity index (χ2v) is 5.63. The summed E-state index contributed by atoms with van der Waals surface area (Å²) < 4.78 is 39.4. The first kappa shape index (κ1) is 16.2. The molecule has 2 aromatic heterocycles. The molecule has 0 aliphatic rings. The summed E-state index contributed by atoms with van der Waals surface area (Å²) in [6.45, 7) is 3.27. The molecule has 0 fully saturated rings. The molecule has 4 nitrogen and oxygen atoms in total. The Hall–Kier alpha value is -2.70. The van der Waals surface area contributed by atoms with E-state index < -0.39 is 11.7 Å². The Morgan fingerprint density at radius 1 is 1.08 bits per heavy atom. The van der Waals surface area contributed by atoms with Crippen LogP contribution >= 0.6 is 0 Å². The zero-order chi connectivity index (χ0) is 17.5. The molecule has 0 aliphatic heterocycles. The first-order valence-corrected chi connectivity index (χ1v) is 7.33. The first-order valence-electron chi connectivity index (χ1n) is 7.33. The molecule has 0 saturated heterocycles. The van der Waals surface area contributed by atoms with Crippen LogP contribution in [0, 0.1) is 6.92 Å². The number of fused-ring (bicyclic) bond motifs is 1. The number of aromatic nitrogens is 3. The zero-order valence-electron chi connectivity index (χ0n) is 13.1. The van der Waals surface area contributed by atoms with Gasteiger partial charge in [-0.3, -0.25) is 4.98 Å². The van der Waals surface area contributed by atoms with Crippen LogP contribution < -0.4 is 5.73 Å². The third-order valence-electron chi connectivity index (χ3n) is 4.20. The molecule has 2 heterocycles. The molecule has 0 radical (unpaired) electrons. The second kappa shape index (κ2) is 5.74. The number of nitrogens with zero attached hydrogens (tertiary/aromatic N) is 3. The number of rotatable bonds is 2. The van der Waals surface area contributed by atoms with E-state index in [2.05, 4.69) is 15.2 Å². The van der Waals surface area contributed by atoms with Crippen molar-refractivity contribution in [3.63, 3.8) is 0 Å². The highest BCUT2D eigenvalue weighted by molar-refractivity contribution is 5.91. The van der Waals surface area contributed by atoms with Gasteiger partial charge in [0.25, 0.3) is 0 Å². The van der Waals surface area contributed by atoms with Crippen LogP contribution in [0.4, 0.5) is 19.0 Å². The van der Waals surface area contributed by atoms with Gasteiger partial charge in [0.15, 0.2) is 5.82 Å². The van der Waals surface area contributed by atoms with E-state index in [0.717, 1.165) is 6.07 Å². The highest BCUT2D eigenvalue weighted by Crippen LogP contribution is 2.37. The normalized spacial score (nSPS) is 13.2. The number of nitrogen functional groups attached to an aromatic ring is 1. The molecule has 3 aromatic rings. The molecule has 0 saturated carbocycles. The lowest BCUT2D eigenvalue weighted by Crippen LogP contribution is -2.12. The molecule has 3 rings (SSSR count). The molecular weight excluding hydrogens is 317 g/mol. The molecule has 1 aromatic carbocycles. The second-order valence-electron chi connectivity index (χ2n) is 5.63. The van der Waals surface area contributed by atoms with E-state index in [-0.39, 0.29) is 17.3 Å². The van der Waals surface area contributed by atoms with Gasteiger partial charge in [-0.15, -0.1) is 5.10 Å². The predicted molar refractivity (Wildman–Crippen MR) is 85.4 cm³/mol. The third-order valence-corrected chi connectivity index (χ3v) is 4.20. The van der Waals surface area contributed by atoms with Gasteiger partial charge < -0.3 is 5.73 Å². The van der Waals surface area contributed by atoms with Gasteiger partial charge in [0.05, 0.1) is 11.3 Å². The Morgan fingerprint density at radius 2 is 1.83 bits per heavy atom. The fourth-order valence-corrected chi connectivity index (χ4v) is 2.93.